The minimum atomic E-state index is -0.533. The van der Waals surface area contributed by atoms with Crippen molar-refractivity contribution in [2.75, 3.05) is 19.0 Å². The molecule has 0 saturated carbocycles. The molecule has 0 atom stereocenters. The standard InChI is InChI=1S/C20H19N5O4/c1-29-18(26)10-22-19(27)15-6-8-17(9-7-15)24-20(28)16-4-2-14(3-5-16)11-25-13-21-12-23-25/h2-9,12-13H,10-11H2,1H3,(H,22,27)(H,24,28). The molecule has 0 unspecified atom stereocenters. The van der Waals surface area contributed by atoms with E-state index in [1.807, 2.05) is 12.1 Å². The molecule has 148 valence electrons. The summed E-state index contributed by atoms with van der Waals surface area (Å²) in [4.78, 5) is 39.3. The molecule has 1 heterocycles. The molecule has 2 amide bonds. The van der Waals surface area contributed by atoms with Crippen molar-refractivity contribution in [3.63, 3.8) is 0 Å². The number of hydrogen-bond acceptors (Lipinski definition) is 6. The summed E-state index contributed by atoms with van der Waals surface area (Å²) >= 11 is 0. The van der Waals surface area contributed by atoms with Gasteiger partial charge in [0.05, 0.1) is 13.7 Å². The van der Waals surface area contributed by atoms with Crippen LogP contribution in [0.3, 0.4) is 0 Å². The van der Waals surface area contributed by atoms with Gasteiger partial charge in [-0.15, -0.1) is 0 Å². The number of benzene rings is 2. The van der Waals surface area contributed by atoms with Gasteiger partial charge in [0.15, 0.2) is 0 Å². The van der Waals surface area contributed by atoms with E-state index in [0.29, 0.717) is 23.4 Å². The van der Waals surface area contributed by atoms with Crippen LogP contribution in [0.5, 0.6) is 0 Å². The second kappa shape index (κ2) is 9.27. The minimum absolute atomic E-state index is 0.208. The average Bonchev–Trinajstić information content (AvgIpc) is 3.25. The summed E-state index contributed by atoms with van der Waals surface area (Å²) in [6.07, 6.45) is 3.09. The Morgan fingerprint density at radius 1 is 0.966 bits per heavy atom. The molecule has 2 aromatic carbocycles. The number of esters is 1. The molecule has 1 aromatic heterocycles. The molecule has 0 radical (unpaired) electrons. The number of carbonyl (C=O) groups excluding carboxylic acids is 3. The molecule has 3 rings (SSSR count). The molecule has 0 saturated heterocycles. The van der Waals surface area contributed by atoms with Crippen molar-refractivity contribution in [2.45, 2.75) is 6.54 Å². The number of methoxy groups -OCH3 is 1. The number of hydrogen-bond donors (Lipinski definition) is 2. The van der Waals surface area contributed by atoms with Crippen molar-refractivity contribution < 1.29 is 19.1 Å². The average molecular weight is 393 g/mol. The molecule has 3 aromatic rings. The maximum Gasteiger partial charge on any atom is 0.325 e. The Bertz CT molecular complexity index is 983. The Morgan fingerprint density at radius 3 is 2.24 bits per heavy atom. The third kappa shape index (κ3) is 5.48. The lowest BCUT2D eigenvalue weighted by molar-refractivity contribution is -0.139. The number of amides is 2. The van der Waals surface area contributed by atoms with E-state index in [9.17, 15) is 14.4 Å². The van der Waals surface area contributed by atoms with Crippen LogP contribution in [-0.4, -0.2) is 46.2 Å². The first-order chi connectivity index (χ1) is 14.0. The minimum Gasteiger partial charge on any atom is -0.468 e. The van der Waals surface area contributed by atoms with Gasteiger partial charge in [0.1, 0.15) is 19.2 Å². The second-order valence-electron chi connectivity index (χ2n) is 6.08. The van der Waals surface area contributed by atoms with Crippen LogP contribution in [0.1, 0.15) is 26.3 Å². The number of nitrogens with one attached hydrogen (secondary N) is 2. The van der Waals surface area contributed by atoms with Gasteiger partial charge >= 0.3 is 5.97 Å². The van der Waals surface area contributed by atoms with E-state index < -0.39 is 11.9 Å². The maximum atomic E-state index is 12.4. The number of anilines is 1. The van der Waals surface area contributed by atoms with Gasteiger partial charge in [0.25, 0.3) is 11.8 Å². The molecule has 9 heteroatoms. The van der Waals surface area contributed by atoms with E-state index in [4.69, 9.17) is 0 Å². The smallest absolute Gasteiger partial charge is 0.325 e. The Labute approximate surface area is 166 Å². The van der Waals surface area contributed by atoms with Crippen molar-refractivity contribution in [1.82, 2.24) is 20.1 Å². The summed E-state index contributed by atoms with van der Waals surface area (Å²) in [5.41, 5.74) is 2.41. The van der Waals surface area contributed by atoms with E-state index in [0.717, 1.165) is 5.56 Å². The fraction of sp³-hybridized carbons (Fsp3) is 0.150. The van der Waals surface area contributed by atoms with Gasteiger partial charge in [-0.05, 0) is 42.0 Å². The summed E-state index contributed by atoms with van der Waals surface area (Å²) in [5.74, 6) is -1.20. The zero-order valence-corrected chi connectivity index (χ0v) is 15.7. The Morgan fingerprint density at radius 2 is 1.62 bits per heavy atom. The molecule has 9 nitrogen and oxygen atoms in total. The lowest BCUT2D eigenvalue weighted by Crippen LogP contribution is -2.30. The lowest BCUT2D eigenvalue weighted by Gasteiger charge is -2.08. The quantitative estimate of drug-likeness (QED) is 0.588. The van der Waals surface area contributed by atoms with Gasteiger partial charge in [-0.2, -0.15) is 5.10 Å². The molecule has 0 fully saturated rings. The number of carbonyl (C=O) groups is 3. The van der Waals surface area contributed by atoms with Crippen LogP contribution in [0.15, 0.2) is 61.2 Å². The largest absolute Gasteiger partial charge is 0.468 e. The number of rotatable bonds is 7. The molecular formula is C20H19N5O4. The fourth-order valence-corrected chi connectivity index (χ4v) is 2.50. The van der Waals surface area contributed by atoms with Crippen molar-refractivity contribution in [1.29, 1.82) is 0 Å². The lowest BCUT2D eigenvalue weighted by atomic mass is 10.1. The summed E-state index contributed by atoms with van der Waals surface area (Å²) in [5, 5.41) is 9.27. The highest BCUT2D eigenvalue weighted by Gasteiger charge is 2.10. The first-order valence-electron chi connectivity index (χ1n) is 8.73. The Hall–Kier alpha value is -4.01. The Kier molecular flexibility index (Phi) is 6.31. The van der Waals surface area contributed by atoms with Crippen LogP contribution < -0.4 is 10.6 Å². The van der Waals surface area contributed by atoms with E-state index in [2.05, 4.69) is 25.5 Å². The van der Waals surface area contributed by atoms with Gasteiger partial charge < -0.3 is 15.4 Å². The molecule has 0 spiro atoms. The highest BCUT2D eigenvalue weighted by atomic mass is 16.5. The highest BCUT2D eigenvalue weighted by Crippen LogP contribution is 2.13. The number of aromatic nitrogens is 3. The Balaban J connectivity index is 1.56. The first-order valence-corrected chi connectivity index (χ1v) is 8.73. The molecule has 2 N–H and O–H groups in total. The summed E-state index contributed by atoms with van der Waals surface area (Å²) < 4.78 is 6.16. The van der Waals surface area contributed by atoms with Gasteiger partial charge in [0.2, 0.25) is 0 Å². The normalized spacial score (nSPS) is 10.2. The maximum absolute atomic E-state index is 12.4. The molecule has 0 aliphatic carbocycles. The number of ether oxygens (including phenoxy) is 1. The molecule has 0 aliphatic heterocycles. The third-order valence-electron chi connectivity index (χ3n) is 4.05. The van der Waals surface area contributed by atoms with E-state index in [1.54, 1.807) is 47.4 Å². The summed E-state index contributed by atoms with van der Waals surface area (Å²) in [6.45, 7) is 0.363. The van der Waals surface area contributed by atoms with Gasteiger partial charge in [-0.25, -0.2) is 9.67 Å². The van der Waals surface area contributed by atoms with Gasteiger partial charge in [-0.3, -0.25) is 14.4 Å². The fourth-order valence-electron chi connectivity index (χ4n) is 2.50. The zero-order valence-electron chi connectivity index (χ0n) is 15.7. The molecule has 29 heavy (non-hydrogen) atoms. The van der Waals surface area contributed by atoms with Crippen LogP contribution in [-0.2, 0) is 16.1 Å². The van der Waals surface area contributed by atoms with Crippen LogP contribution in [0.2, 0.25) is 0 Å². The van der Waals surface area contributed by atoms with Crippen LogP contribution in [0.4, 0.5) is 5.69 Å². The first kappa shape index (κ1) is 19.7. The van der Waals surface area contributed by atoms with Gasteiger partial charge in [0, 0.05) is 16.8 Å². The zero-order chi connectivity index (χ0) is 20.6. The SMILES string of the molecule is COC(=O)CNC(=O)c1ccc(NC(=O)c2ccc(Cn3cncn3)cc2)cc1. The second-order valence-corrected chi connectivity index (χ2v) is 6.08. The van der Waals surface area contributed by atoms with Crippen molar-refractivity contribution in [2.24, 2.45) is 0 Å². The van der Waals surface area contributed by atoms with Crippen molar-refractivity contribution in [3.05, 3.63) is 77.9 Å². The molecule has 0 aliphatic rings. The van der Waals surface area contributed by atoms with Crippen molar-refractivity contribution in [3.8, 4) is 0 Å². The predicted octanol–water partition coefficient (Wildman–Crippen LogP) is 1.48. The topological polar surface area (TPSA) is 115 Å². The van der Waals surface area contributed by atoms with Gasteiger partial charge in [-0.1, -0.05) is 12.1 Å². The third-order valence-corrected chi connectivity index (χ3v) is 4.05. The molecular weight excluding hydrogens is 374 g/mol. The van der Waals surface area contributed by atoms with E-state index >= 15 is 0 Å². The number of nitrogens with zero attached hydrogens (tertiary/aromatic N) is 3. The van der Waals surface area contributed by atoms with E-state index in [-0.39, 0.29) is 12.5 Å². The predicted molar refractivity (Wildman–Crippen MR) is 104 cm³/mol. The van der Waals surface area contributed by atoms with Crippen LogP contribution in [0.25, 0.3) is 0 Å². The highest BCUT2D eigenvalue weighted by molar-refractivity contribution is 6.04. The summed E-state index contributed by atoms with van der Waals surface area (Å²) in [6, 6.07) is 13.5. The van der Waals surface area contributed by atoms with E-state index in [1.165, 1.54) is 13.4 Å². The van der Waals surface area contributed by atoms with Crippen LogP contribution in [0, 0.1) is 0 Å². The monoisotopic (exact) mass is 393 g/mol. The van der Waals surface area contributed by atoms with Crippen molar-refractivity contribution >= 4 is 23.5 Å². The molecule has 0 bridgehead atoms. The van der Waals surface area contributed by atoms with Crippen LogP contribution >= 0.6 is 0 Å². The summed E-state index contributed by atoms with van der Waals surface area (Å²) in [7, 11) is 1.25.